The fraction of sp³-hybridized carbons (Fsp3) is 0.0833. The minimum Gasteiger partial charge on any atom is -0.364 e. The third-order valence-electron chi connectivity index (χ3n) is 2.57. The summed E-state index contributed by atoms with van der Waals surface area (Å²) in [6.07, 6.45) is 3.34. The van der Waals surface area contributed by atoms with Gasteiger partial charge < -0.3 is 9.97 Å². The van der Waals surface area contributed by atoms with Crippen LogP contribution in [-0.2, 0) is 0 Å². The Morgan fingerprint density at radius 2 is 2.24 bits per heavy atom. The first kappa shape index (κ1) is 9.77. The molecule has 3 aromatic heterocycles. The third kappa shape index (κ3) is 1.61. The van der Waals surface area contributed by atoms with Gasteiger partial charge in [-0.1, -0.05) is 0 Å². The van der Waals surface area contributed by atoms with Crippen LogP contribution < -0.4 is 5.43 Å². The molecule has 0 radical (unpaired) electrons. The van der Waals surface area contributed by atoms with Crippen LogP contribution in [0.2, 0.25) is 0 Å². The van der Waals surface area contributed by atoms with Crippen molar-refractivity contribution in [3.05, 3.63) is 46.5 Å². The molecule has 0 aromatic carbocycles. The Hall–Kier alpha value is -2.43. The number of fused-ring (bicyclic) bond motifs is 1. The van der Waals surface area contributed by atoms with Gasteiger partial charge in [-0.05, 0) is 19.1 Å². The van der Waals surface area contributed by atoms with E-state index in [1.807, 2.05) is 19.1 Å². The van der Waals surface area contributed by atoms with E-state index in [2.05, 4.69) is 19.9 Å². The molecule has 0 fully saturated rings. The largest absolute Gasteiger partial charge is 0.364 e. The average Bonchev–Trinajstić information content (AvgIpc) is 2.72. The first-order valence-electron chi connectivity index (χ1n) is 5.24. The summed E-state index contributed by atoms with van der Waals surface area (Å²) in [6.45, 7) is 1.84. The van der Waals surface area contributed by atoms with Crippen molar-refractivity contribution in [3.8, 4) is 11.4 Å². The van der Waals surface area contributed by atoms with Gasteiger partial charge in [-0.3, -0.25) is 4.79 Å². The Kier molecular flexibility index (Phi) is 2.04. The zero-order chi connectivity index (χ0) is 11.8. The molecule has 0 aliphatic rings. The molecule has 0 saturated carbocycles. The summed E-state index contributed by atoms with van der Waals surface area (Å²) in [5.74, 6) is 0.542. The summed E-state index contributed by atoms with van der Waals surface area (Å²) in [7, 11) is 0. The van der Waals surface area contributed by atoms with Crippen LogP contribution in [0.3, 0.4) is 0 Å². The summed E-state index contributed by atoms with van der Waals surface area (Å²) in [6, 6.07) is 5.25. The number of H-pyrrole nitrogens is 2. The molecule has 5 heteroatoms. The van der Waals surface area contributed by atoms with Crippen LogP contribution in [-0.4, -0.2) is 19.9 Å². The van der Waals surface area contributed by atoms with Crippen LogP contribution >= 0.6 is 0 Å². The molecule has 0 aliphatic carbocycles. The smallest absolute Gasteiger partial charge is 0.192 e. The standard InChI is InChI=1S/C12H10N4O/c1-7-5-10(17)8(6-14-7)11-15-9-3-2-4-13-12(9)16-11/h2-6H,1H3,(H,14,17)(H,13,15,16). The van der Waals surface area contributed by atoms with Crippen molar-refractivity contribution >= 4 is 11.2 Å². The number of hydrogen-bond acceptors (Lipinski definition) is 3. The van der Waals surface area contributed by atoms with Crippen molar-refractivity contribution in [3.63, 3.8) is 0 Å². The van der Waals surface area contributed by atoms with E-state index in [0.29, 0.717) is 17.0 Å². The van der Waals surface area contributed by atoms with Gasteiger partial charge in [-0.25, -0.2) is 9.97 Å². The first-order valence-corrected chi connectivity index (χ1v) is 5.24. The van der Waals surface area contributed by atoms with Crippen molar-refractivity contribution in [1.29, 1.82) is 0 Å². The molecular formula is C12H10N4O. The maximum absolute atomic E-state index is 11.8. The molecule has 5 nitrogen and oxygen atoms in total. The monoisotopic (exact) mass is 226 g/mol. The van der Waals surface area contributed by atoms with Gasteiger partial charge in [0.25, 0.3) is 0 Å². The van der Waals surface area contributed by atoms with Gasteiger partial charge in [0, 0.05) is 24.2 Å². The highest BCUT2D eigenvalue weighted by molar-refractivity contribution is 5.75. The van der Waals surface area contributed by atoms with Crippen LogP contribution in [0.25, 0.3) is 22.6 Å². The highest BCUT2D eigenvalue weighted by Gasteiger charge is 2.08. The lowest BCUT2D eigenvalue weighted by atomic mass is 10.2. The van der Waals surface area contributed by atoms with Crippen molar-refractivity contribution in [2.45, 2.75) is 6.92 Å². The molecule has 0 saturated heterocycles. The maximum Gasteiger partial charge on any atom is 0.192 e. The highest BCUT2D eigenvalue weighted by Crippen LogP contribution is 2.15. The van der Waals surface area contributed by atoms with Gasteiger partial charge in [-0.2, -0.15) is 0 Å². The minimum atomic E-state index is -0.0553. The molecule has 3 aromatic rings. The second kappa shape index (κ2) is 3.55. The fourth-order valence-corrected chi connectivity index (χ4v) is 1.73. The zero-order valence-electron chi connectivity index (χ0n) is 9.19. The van der Waals surface area contributed by atoms with Gasteiger partial charge in [0.2, 0.25) is 0 Å². The van der Waals surface area contributed by atoms with E-state index in [9.17, 15) is 4.79 Å². The number of nitrogens with zero attached hydrogens (tertiary/aromatic N) is 2. The van der Waals surface area contributed by atoms with Gasteiger partial charge in [0.1, 0.15) is 5.82 Å². The third-order valence-corrected chi connectivity index (χ3v) is 2.57. The molecule has 3 rings (SSSR count). The quantitative estimate of drug-likeness (QED) is 0.662. The predicted molar refractivity (Wildman–Crippen MR) is 64.7 cm³/mol. The highest BCUT2D eigenvalue weighted by atomic mass is 16.1. The second-order valence-corrected chi connectivity index (χ2v) is 3.85. The lowest BCUT2D eigenvalue weighted by molar-refractivity contribution is 1.17. The van der Waals surface area contributed by atoms with Crippen LogP contribution in [0.4, 0.5) is 0 Å². The van der Waals surface area contributed by atoms with E-state index in [-0.39, 0.29) is 5.43 Å². The van der Waals surface area contributed by atoms with E-state index in [0.717, 1.165) is 11.2 Å². The summed E-state index contributed by atoms with van der Waals surface area (Å²) in [5.41, 5.74) is 2.73. The lowest BCUT2D eigenvalue weighted by Crippen LogP contribution is -2.05. The summed E-state index contributed by atoms with van der Waals surface area (Å²) in [4.78, 5) is 26.3. The van der Waals surface area contributed by atoms with E-state index in [1.54, 1.807) is 18.5 Å². The van der Waals surface area contributed by atoms with Gasteiger partial charge in [0.05, 0.1) is 11.1 Å². The number of hydrogen-bond donors (Lipinski definition) is 2. The van der Waals surface area contributed by atoms with E-state index in [4.69, 9.17) is 0 Å². The Balaban J connectivity index is 2.24. The molecule has 17 heavy (non-hydrogen) atoms. The zero-order valence-corrected chi connectivity index (χ0v) is 9.19. The Morgan fingerprint density at radius 3 is 3.00 bits per heavy atom. The van der Waals surface area contributed by atoms with Crippen molar-refractivity contribution in [1.82, 2.24) is 19.9 Å². The molecule has 0 atom stereocenters. The summed E-state index contributed by atoms with van der Waals surface area (Å²) < 4.78 is 0. The molecular weight excluding hydrogens is 216 g/mol. The van der Waals surface area contributed by atoms with Crippen molar-refractivity contribution < 1.29 is 0 Å². The summed E-state index contributed by atoms with van der Waals surface area (Å²) >= 11 is 0. The average molecular weight is 226 g/mol. The van der Waals surface area contributed by atoms with E-state index >= 15 is 0 Å². The number of pyridine rings is 2. The molecule has 84 valence electrons. The minimum absolute atomic E-state index is 0.0553. The Bertz CT molecular complexity index is 708. The fourth-order valence-electron chi connectivity index (χ4n) is 1.73. The first-order chi connectivity index (χ1) is 8.24. The van der Waals surface area contributed by atoms with Crippen molar-refractivity contribution in [2.24, 2.45) is 0 Å². The Morgan fingerprint density at radius 1 is 1.35 bits per heavy atom. The number of rotatable bonds is 1. The molecule has 0 bridgehead atoms. The second-order valence-electron chi connectivity index (χ2n) is 3.85. The normalized spacial score (nSPS) is 10.9. The summed E-state index contributed by atoms with van der Waals surface area (Å²) in [5, 5.41) is 0. The van der Waals surface area contributed by atoms with Crippen LogP contribution in [0, 0.1) is 6.92 Å². The van der Waals surface area contributed by atoms with Crippen molar-refractivity contribution in [2.75, 3.05) is 0 Å². The number of aromatic amines is 2. The van der Waals surface area contributed by atoms with Crippen LogP contribution in [0.1, 0.15) is 5.69 Å². The molecule has 0 amide bonds. The molecule has 2 N–H and O–H groups in total. The maximum atomic E-state index is 11.8. The molecule has 0 unspecified atom stereocenters. The topological polar surface area (TPSA) is 74.4 Å². The van der Waals surface area contributed by atoms with E-state index < -0.39 is 0 Å². The van der Waals surface area contributed by atoms with Crippen LogP contribution in [0.15, 0.2) is 35.4 Å². The van der Waals surface area contributed by atoms with Crippen LogP contribution in [0.5, 0.6) is 0 Å². The number of aryl methyl sites for hydroxylation is 1. The predicted octanol–water partition coefficient (Wildman–Crippen LogP) is 1.62. The van der Waals surface area contributed by atoms with Gasteiger partial charge in [0.15, 0.2) is 11.1 Å². The van der Waals surface area contributed by atoms with Gasteiger partial charge in [-0.15, -0.1) is 0 Å². The number of imidazole rings is 1. The molecule has 0 aliphatic heterocycles. The number of aromatic nitrogens is 4. The number of nitrogens with one attached hydrogen (secondary N) is 2. The molecule has 3 heterocycles. The van der Waals surface area contributed by atoms with E-state index in [1.165, 1.54) is 0 Å². The van der Waals surface area contributed by atoms with Gasteiger partial charge >= 0.3 is 0 Å². The SMILES string of the molecule is Cc1cc(=O)c(-c2nc3ncccc3[nH]2)c[nH]1. The lowest BCUT2D eigenvalue weighted by Gasteiger charge is -1.96. The molecule has 0 spiro atoms. The Labute approximate surface area is 96.6 Å².